The second kappa shape index (κ2) is 8.93. The molecule has 38 heavy (non-hydrogen) atoms. The Morgan fingerprint density at radius 3 is 1.84 bits per heavy atom. The lowest BCUT2D eigenvalue weighted by atomic mass is 9.82. The Hall–Kier alpha value is -4.83. The Morgan fingerprint density at radius 2 is 1.16 bits per heavy atom. The molecule has 0 unspecified atom stereocenters. The van der Waals surface area contributed by atoms with Crippen LogP contribution < -0.4 is 4.57 Å². The van der Waals surface area contributed by atoms with Gasteiger partial charge >= 0.3 is 0 Å². The van der Waals surface area contributed by atoms with Crippen molar-refractivity contribution in [3.63, 3.8) is 0 Å². The zero-order valence-electron chi connectivity index (χ0n) is 20.8. The number of hydrogen-bond acceptors (Lipinski definition) is 2. The summed E-state index contributed by atoms with van der Waals surface area (Å²) in [6.45, 7) is 1.41. The third-order valence-corrected chi connectivity index (χ3v) is 7.66. The molecule has 0 aliphatic heterocycles. The van der Waals surface area contributed by atoms with Crippen LogP contribution in [0.1, 0.15) is 43.0 Å². The molecule has 6 aromatic rings. The fourth-order valence-corrected chi connectivity index (χ4v) is 5.79. The molecule has 0 N–H and O–H groups in total. The Kier molecular flexibility index (Phi) is 5.26. The van der Waals surface area contributed by atoms with Crippen molar-refractivity contribution in [2.24, 2.45) is 0 Å². The number of carbonyl (C=O) groups excluding carboxylic acids is 2. The van der Waals surface area contributed by atoms with E-state index in [1.54, 1.807) is 24.3 Å². The predicted molar refractivity (Wildman–Crippen MR) is 149 cm³/mol. The molecular weight excluding hydrogens is 468 g/mol. The standard InChI is InChI=1S/C34H25N2O2/c37-33-27-11-1-2-12-28(27)34(38)32-24(8-7-13-29(32)33)22-35-19-16-23(17-20-35)18-21-36-30-14-5-3-9-25(30)26-10-4-6-15-31(26)36/h1-17,19-20H,18,21-22H2/q+1. The summed E-state index contributed by atoms with van der Waals surface area (Å²) in [7, 11) is 0. The van der Waals surface area contributed by atoms with E-state index in [9.17, 15) is 9.59 Å². The zero-order chi connectivity index (χ0) is 25.6. The monoisotopic (exact) mass is 493 g/mol. The molecule has 0 saturated carbocycles. The van der Waals surface area contributed by atoms with Gasteiger partial charge in [-0.3, -0.25) is 9.59 Å². The summed E-state index contributed by atoms with van der Waals surface area (Å²) in [5, 5.41) is 2.58. The number of para-hydroxylation sites is 2. The number of hydrogen-bond donors (Lipinski definition) is 0. The number of ketones is 2. The summed E-state index contributed by atoms with van der Waals surface area (Å²) in [4.78, 5) is 26.4. The van der Waals surface area contributed by atoms with Crippen LogP contribution in [0.25, 0.3) is 21.8 Å². The van der Waals surface area contributed by atoms with Crippen LogP contribution in [-0.4, -0.2) is 16.1 Å². The van der Waals surface area contributed by atoms with Gasteiger partial charge < -0.3 is 4.57 Å². The lowest BCUT2D eigenvalue weighted by molar-refractivity contribution is -0.688. The Bertz CT molecular complexity index is 1830. The first-order valence-corrected chi connectivity index (χ1v) is 12.9. The van der Waals surface area contributed by atoms with Gasteiger partial charge in [-0.1, -0.05) is 78.9 Å². The average molecular weight is 494 g/mol. The fourth-order valence-electron chi connectivity index (χ4n) is 5.79. The zero-order valence-corrected chi connectivity index (χ0v) is 20.8. The Labute approximate surface area is 220 Å². The summed E-state index contributed by atoms with van der Waals surface area (Å²) in [5.74, 6) is -0.156. The van der Waals surface area contributed by atoms with Crippen molar-refractivity contribution in [2.75, 3.05) is 0 Å². The number of nitrogens with zero attached hydrogens (tertiary/aromatic N) is 2. The molecule has 0 spiro atoms. The normalized spacial score (nSPS) is 12.6. The SMILES string of the molecule is O=C1c2ccccc2C(=O)c2c(C[n+]3ccc(CCn4c5ccccc5c5ccccc54)cc3)cccc21. The molecule has 2 aromatic heterocycles. The van der Waals surface area contributed by atoms with Gasteiger partial charge in [-0.15, -0.1) is 0 Å². The van der Waals surface area contributed by atoms with Crippen molar-refractivity contribution >= 4 is 33.4 Å². The second-order valence-electron chi connectivity index (χ2n) is 9.86. The van der Waals surface area contributed by atoms with Crippen molar-refractivity contribution in [1.82, 2.24) is 4.57 Å². The summed E-state index contributed by atoms with van der Waals surface area (Å²) in [6, 6.07) is 34.1. The third-order valence-electron chi connectivity index (χ3n) is 7.66. The van der Waals surface area contributed by atoms with E-state index in [2.05, 4.69) is 82.2 Å². The smallest absolute Gasteiger partial charge is 0.195 e. The minimum atomic E-state index is -0.0811. The Balaban J connectivity index is 1.14. The van der Waals surface area contributed by atoms with Gasteiger partial charge in [0.05, 0.1) is 0 Å². The lowest BCUT2D eigenvalue weighted by Gasteiger charge is -2.19. The average Bonchev–Trinajstić information content (AvgIpc) is 3.29. The van der Waals surface area contributed by atoms with Crippen LogP contribution in [0.3, 0.4) is 0 Å². The number of pyridine rings is 1. The summed E-state index contributed by atoms with van der Waals surface area (Å²) in [5.41, 5.74) is 6.62. The molecule has 0 saturated heterocycles. The van der Waals surface area contributed by atoms with E-state index in [-0.39, 0.29) is 11.6 Å². The Morgan fingerprint density at radius 1 is 0.579 bits per heavy atom. The maximum Gasteiger partial charge on any atom is 0.195 e. The largest absolute Gasteiger partial charge is 0.340 e. The van der Waals surface area contributed by atoms with Crippen molar-refractivity contribution < 1.29 is 14.2 Å². The highest BCUT2D eigenvalue weighted by Crippen LogP contribution is 2.30. The van der Waals surface area contributed by atoms with Gasteiger partial charge in [-0.25, -0.2) is 4.57 Å². The highest BCUT2D eigenvalue weighted by atomic mass is 16.1. The van der Waals surface area contributed by atoms with E-state index in [0.29, 0.717) is 28.8 Å². The molecule has 0 amide bonds. The molecule has 7 rings (SSSR count). The fraction of sp³-hybridized carbons (Fsp3) is 0.0882. The number of aryl methyl sites for hydroxylation is 2. The molecule has 0 bridgehead atoms. The van der Waals surface area contributed by atoms with Crippen LogP contribution in [0.5, 0.6) is 0 Å². The maximum absolute atomic E-state index is 13.3. The molecule has 0 atom stereocenters. The number of carbonyl (C=O) groups is 2. The van der Waals surface area contributed by atoms with Crippen molar-refractivity contribution in [3.8, 4) is 0 Å². The van der Waals surface area contributed by atoms with Crippen LogP contribution in [0, 0.1) is 0 Å². The summed E-state index contributed by atoms with van der Waals surface area (Å²) < 4.78 is 4.47. The first-order valence-electron chi connectivity index (χ1n) is 12.9. The van der Waals surface area contributed by atoms with Crippen LogP contribution in [0.4, 0.5) is 0 Å². The molecule has 1 aliphatic carbocycles. The van der Waals surface area contributed by atoms with E-state index in [1.807, 2.05) is 18.2 Å². The molecular formula is C34H25N2O2+. The van der Waals surface area contributed by atoms with Crippen molar-refractivity contribution in [3.05, 3.63) is 149 Å². The van der Waals surface area contributed by atoms with E-state index in [4.69, 9.17) is 0 Å². The van der Waals surface area contributed by atoms with Gasteiger partial charge in [0.1, 0.15) is 0 Å². The highest BCUT2D eigenvalue weighted by Gasteiger charge is 2.31. The van der Waals surface area contributed by atoms with Crippen LogP contribution in [0.15, 0.2) is 116 Å². The summed E-state index contributed by atoms with van der Waals surface area (Å²) in [6.07, 6.45) is 5.03. The third kappa shape index (κ3) is 3.57. The van der Waals surface area contributed by atoms with Gasteiger partial charge in [0.2, 0.25) is 0 Å². The number of fused-ring (bicyclic) bond motifs is 5. The molecule has 4 nitrogen and oxygen atoms in total. The lowest BCUT2D eigenvalue weighted by Crippen LogP contribution is -2.35. The van der Waals surface area contributed by atoms with Crippen molar-refractivity contribution in [1.29, 1.82) is 0 Å². The molecule has 4 heteroatoms. The molecule has 0 fully saturated rings. The van der Waals surface area contributed by atoms with E-state index < -0.39 is 0 Å². The van der Waals surface area contributed by atoms with Gasteiger partial charge in [-0.2, -0.15) is 0 Å². The number of benzene rings is 4. The molecule has 4 aromatic carbocycles. The highest BCUT2D eigenvalue weighted by molar-refractivity contribution is 6.28. The van der Waals surface area contributed by atoms with Crippen LogP contribution in [0.2, 0.25) is 0 Å². The van der Waals surface area contributed by atoms with Gasteiger partial charge in [-0.05, 0) is 24.1 Å². The van der Waals surface area contributed by atoms with E-state index in [0.717, 1.165) is 18.5 Å². The van der Waals surface area contributed by atoms with Gasteiger partial charge in [0.25, 0.3) is 0 Å². The molecule has 182 valence electrons. The van der Waals surface area contributed by atoms with Crippen LogP contribution >= 0.6 is 0 Å². The quantitative estimate of drug-likeness (QED) is 0.270. The van der Waals surface area contributed by atoms with Gasteiger partial charge in [0.15, 0.2) is 30.5 Å². The molecule has 2 heterocycles. The predicted octanol–water partition coefficient (Wildman–Crippen LogP) is 6.15. The maximum atomic E-state index is 13.3. The van der Waals surface area contributed by atoms with Gasteiger partial charge in [0, 0.05) is 68.3 Å². The molecule has 1 aliphatic rings. The minimum absolute atomic E-state index is 0.0748. The minimum Gasteiger partial charge on any atom is -0.340 e. The summed E-state index contributed by atoms with van der Waals surface area (Å²) >= 11 is 0. The second-order valence-corrected chi connectivity index (χ2v) is 9.86. The van der Waals surface area contributed by atoms with E-state index >= 15 is 0 Å². The first-order chi connectivity index (χ1) is 18.7. The van der Waals surface area contributed by atoms with Crippen LogP contribution in [-0.2, 0) is 19.5 Å². The topological polar surface area (TPSA) is 43.0 Å². The first kappa shape index (κ1) is 22.4. The number of aromatic nitrogens is 2. The number of rotatable bonds is 5. The van der Waals surface area contributed by atoms with Crippen molar-refractivity contribution in [2.45, 2.75) is 19.5 Å². The molecule has 0 radical (unpaired) electrons. The van der Waals surface area contributed by atoms with E-state index in [1.165, 1.54) is 27.4 Å².